The number of benzene rings is 1. The fourth-order valence-corrected chi connectivity index (χ4v) is 4.63. The van der Waals surface area contributed by atoms with Gasteiger partial charge in [0.2, 0.25) is 0 Å². The van der Waals surface area contributed by atoms with Gasteiger partial charge in [-0.3, -0.25) is 9.69 Å². The van der Waals surface area contributed by atoms with E-state index in [9.17, 15) is 18.0 Å². The van der Waals surface area contributed by atoms with E-state index in [2.05, 4.69) is 0 Å². The molecule has 0 aromatic heterocycles. The fourth-order valence-electron chi connectivity index (χ4n) is 4.28. The molecule has 160 valence electrons. The number of alkyl halides is 4. The van der Waals surface area contributed by atoms with E-state index in [4.69, 9.17) is 27.8 Å². The van der Waals surface area contributed by atoms with Gasteiger partial charge in [-0.05, 0) is 49.2 Å². The van der Waals surface area contributed by atoms with Gasteiger partial charge < -0.3 is 16.2 Å². The van der Waals surface area contributed by atoms with Gasteiger partial charge in [0, 0.05) is 13.5 Å². The lowest BCUT2D eigenvalue weighted by Crippen LogP contribution is -2.69. The summed E-state index contributed by atoms with van der Waals surface area (Å²) >= 11 is 6.66. The maximum absolute atomic E-state index is 12.9. The van der Waals surface area contributed by atoms with E-state index in [-0.39, 0.29) is 6.42 Å². The molecule has 0 saturated carbocycles. The number of primary amides is 1. The zero-order chi connectivity index (χ0) is 21.4. The van der Waals surface area contributed by atoms with Crippen molar-refractivity contribution in [2.75, 3.05) is 20.2 Å². The van der Waals surface area contributed by atoms with Crippen LogP contribution in [0.5, 0.6) is 0 Å². The monoisotopic (exact) mass is 431 g/mol. The average molecular weight is 432 g/mol. The summed E-state index contributed by atoms with van der Waals surface area (Å²) in [7, 11) is 1.34. The van der Waals surface area contributed by atoms with Crippen molar-refractivity contribution >= 4 is 23.1 Å². The molecule has 0 radical (unpaired) electrons. The molecule has 1 aliphatic carbocycles. The lowest BCUT2D eigenvalue weighted by molar-refractivity contribution is -0.139. The molecule has 9 heteroatoms. The summed E-state index contributed by atoms with van der Waals surface area (Å²) in [5, 5.41) is -0.680. The number of methoxy groups -OCH3 is 1. The number of hydrogen-bond acceptors (Lipinski definition) is 4. The predicted octanol–water partition coefficient (Wildman–Crippen LogP) is 3.11. The molecule has 1 heterocycles. The van der Waals surface area contributed by atoms with Crippen LogP contribution in [0.4, 0.5) is 13.2 Å². The van der Waals surface area contributed by atoms with Crippen LogP contribution in [0.2, 0.25) is 0 Å². The summed E-state index contributed by atoms with van der Waals surface area (Å²) in [6.07, 6.45) is 0.168. The van der Waals surface area contributed by atoms with E-state index in [1.54, 1.807) is 6.08 Å². The second kappa shape index (κ2) is 7.91. The number of piperidine rings is 1. The molecule has 29 heavy (non-hydrogen) atoms. The second-order valence-corrected chi connectivity index (χ2v) is 8.14. The second-order valence-electron chi connectivity index (χ2n) is 7.67. The van der Waals surface area contributed by atoms with Crippen LogP contribution in [-0.4, -0.2) is 47.6 Å². The Kier molecular flexibility index (Phi) is 6.02. The molecule has 1 fully saturated rings. The van der Waals surface area contributed by atoms with Crippen LogP contribution < -0.4 is 11.5 Å². The van der Waals surface area contributed by atoms with E-state index in [1.165, 1.54) is 19.2 Å². The Labute approximate surface area is 172 Å². The molecule has 0 bridgehead atoms. The Bertz CT molecular complexity index is 793. The Balaban J connectivity index is 2.07. The van der Waals surface area contributed by atoms with Gasteiger partial charge in [0.15, 0.2) is 5.60 Å². The molecule has 4 N–H and O–H groups in total. The molecular weight excluding hydrogens is 407 g/mol. The van der Waals surface area contributed by atoms with Crippen molar-refractivity contribution in [2.24, 2.45) is 11.5 Å². The number of nitrogens with two attached hydrogens (primary N) is 2. The zero-order valence-electron chi connectivity index (χ0n) is 16.1. The molecule has 5 nitrogen and oxygen atoms in total. The van der Waals surface area contributed by atoms with Crippen LogP contribution in [-0.2, 0) is 15.7 Å². The number of halogens is 4. The molecule has 2 aliphatic rings. The SMILES string of the molecule is COC1(C(N)=O)CC(N)(N2CCCCC2)C(Cl)C=C1c1ccc(C(F)(F)F)cc1. The lowest BCUT2D eigenvalue weighted by atomic mass is 9.73. The van der Waals surface area contributed by atoms with Crippen LogP contribution >= 0.6 is 11.6 Å². The first-order valence-electron chi connectivity index (χ1n) is 9.47. The van der Waals surface area contributed by atoms with Gasteiger partial charge in [-0.15, -0.1) is 11.6 Å². The first-order chi connectivity index (χ1) is 13.5. The van der Waals surface area contributed by atoms with Gasteiger partial charge in [0.25, 0.3) is 5.91 Å². The molecule has 1 aromatic rings. The normalized spacial score (nSPS) is 31.4. The number of ether oxygens (including phenoxy) is 1. The molecule has 3 rings (SSSR count). The minimum absolute atomic E-state index is 0.00680. The number of carbonyl (C=O) groups excluding carboxylic acids is 1. The smallest absolute Gasteiger partial charge is 0.367 e. The summed E-state index contributed by atoms with van der Waals surface area (Å²) in [6, 6.07) is 4.49. The Hall–Kier alpha value is -1.61. The number of carbonyl (C=O) groups is 1. The number of hydrogen-bond donors (Lipinski definition) is 2. The maximum atomic E-state index is 12.9. The predicted molar refractivity (Wildman–Crippen MR) is 105 cm³/mol. The maximum Gasteiger partial charge on any atom is 0.416 e. The van der Waals surface area contributed by atoms with Crippen molar-refractivity contribution in [3.05, 3.63) is 41.5 Å². The zero-order valence-corrected chi connectivity index (χ0v) is 16.9. The van der Waals surface area contributed by atoms with Crippen molar-refractivity contribution in [1.29, 1.82) is 0 Å². The summed E-state index contributed by atoms with van der Waals surface area (Å²) in [4.78, 5) is 14.6. The quantitative estimate of drug-likeness (QED) is 0.718. The molecule has 1 aliphatic heterocycles. The van der Waals surface area contributed by atoms with Crippen molar-refractivity contribution in [2.45, 2.75) is 48.5 Å². The number of amides is 1. The van der Waals surface area contributed by atoms with Gasteiger partial charge in [-0.1, -0.05) is 24.6 Å². The lowest BCUT2D eigenvalue weighted by Gasteiger charge is -2.52. The van der Waals surface area contributed by atoms with E-state index < -0.39 is 34.3 Å². The summed E-state index contributed by atoms with van der Waals surface area (Å²) in [5.74, 6) is -0.762. The molecule has 3 atom stereocenters. The minimum atomic E-state index is -4.46. The Morgan fingerprint density at radius 3 is 2.28 bits per heavy atom. The Morgan fingerprint density at radius 1 is 1.21 bits per heavy atom. The highest BCUT2D eigenvalue weighted by Crippen LogP contribution is 2.45. The minimum Gasteiger partial charge on any atom is -0.367 e. The highest BCUT2D eigenvalue weighted by atomic mass is 35.5. The van der Waals surface area contributed by atoms with Gasteiger partial charge in [0.05, 0.1) is 16.6 Å². The third-order valence-corrected chi connectivity index (χ3v) is 6.48. The third-order valence-electron chi connectivity index (χ3n) is 5.97. The standard InChI is InChI=1S/C20H25ClF3N3O2/c1-29-18(17(25)28)12-19(26,27-9-3-2-4-10-27)16(21)11-15(18)13-5-7-14(8-6-13)20(22,23)24/h5-8,11,16H,2-4,9-10,12,26H2,1H3,(H2,25,28). The number of nitrogens with zero attached hydrogens (tertiary/aromatic N) is 1. The van der Waals surface area contributed by atoms with Crippen LogP contribution in [0.1, 0.15) is 36.8 Å². The van der Waals surface area contributed by atoms with Gasteiger partial charge in [-0.2, -0.15) is 13.2 Å². The van der Waals surface area contributed by atoms with Crippen LogP contribution in [0.3, 0.4) is 0 Å². The summed E-state index contributed by atoms with van der Waals surface area (Å²) in [5.41, 5.74) is 9.69. The summed E-state index contributed by atoms with van der Waals surface area (Å²) in [6.45, 7) is 1.48. The van der Waals surface area contributed by atoms with E-state index >= 15 is 0 Å². The van der Waals surface area contributed by atoms with Crippen molar-refractivity contribution < 1.29 is 22.7 Å². The molecule has 1 aromatic carbocycles. The average Bonchev–Trinajstić information content (AvgIpc) is 2.69. The highest BCUT2D eigenvalue weighted by molar-refractivity contribution is 6.24. The first kappa shape index (κ1) is 22.1. The van der Waals surface area contributed by atoms with Crippen LogP contribution in [0.25, 0.3) is 5.57 Å². The van der Waals surface area contributed by atoms with Crippen LogP contribution in [0, 0.1) is 0 Å². The van der Waals surface area contributed by atoms with Gasteiger partial charge in [-0.25, -0.2) is 0 Å². The molecule has 0 spiro atoms. The molecular formula is C20H25ClF3N3O2. The van der Waals surface area contributed by atoms with E-state index in [1.807, 2.05) is 4.90 Å². The molecule has 1 saturated heterocycles. The largest absolute Gasteiger partial charge is 0.416 e. The topological polar surface area (TPSA) is 81.6 Å². The number of likely N-dealkylation sites (tertiary alicyclic amines) is 1. The van der Waals surface area contributed by atoms with Crippen LogP contribution in [0.15, 0.2) is 30.3 Å². The number of rotatable bonds is 4. The fraction of sp³-hybridized carbons (Fsp3) is 0.550. The van der Waals surface area contributed by atoms with E-state index in [0.717, 1.165) is 44.5 Å². The van der Waals surface area contributed by atoms with Crippen molar-refractivity contribution in [3.63, 3.8) is 0 Å². The molecule has 3 unspecified atom stereocenters. The first-order valence-corrected chi connectivity index (χ1v) is 9.91. The third kappa shape index (κ3) is 3.91. The highest BCUT2D eigenvalue weighted by Gasteiger charge is 2.55. The van der Waals surface area contributed by atoms with E-state index in [0.29, 0.717) is 11.1 Å². The van der Waals surface area contributed by atoms with Crippen molar-refractivity contribution in [3.8, 4) is 0 Å². The van der Waals surface area contributed by atoms with Crippen molar-refractivity contribution in [1.82, 2.24) is 4.90 Å². The Morgan fingerprint density at radius 2 is 1.79 bits per heavy atom. The summed E-state index contributed by atoms with van der Waals surface area (Å²) < 4.78 is 44.4. The van der Waals surface area contributed by atoms with Gasteiger partial charge >= 0.3 is 6.18 Å². The molecule has 1 amide bonds. The van der Waals surface area contributed by atoms with Gasteiger partial charge in [0.1, 0.15) is 0 Å².